The fraction of sp³-hybridized carbons (Fsp3) is 0.750. The van der Waals surface area contributed by atoms with Crippen molar-refractivity contribution in [3.63, 3.8) is 0 Å². The van der Waals surface area contributed by atoms with Gasteiger partial charge in [0.25, 0.3) is 0 Å². The Bertz CT molecular complexity index is 742. The van der Waals surface area contributed by atoms with E-state index in [9.17, 15) is 4.79 Å². The van der Waals surface area contributed by atoms with Crippen molar-refractivity contribution < 1.29 is 14.3 Å². The second kappa shape index (κ2) is 8.39. The van der Waals surface area contributed by atoms with Gasteiger partial charge in [0.05, 0.1) is 17.0 Å². The lowest BCUT2D eigenvalue weighted by Crippen LogP contribution is -2.49. The van der Waals surface area contributed by atoms with Crippen LogP contribution < -0.4 is 4.90 Å². The zero-order valence-electron chi connectivity index (χ0n) is 18.1. The number of aromatic nitrogens is 2. The maximum atomic E-state index is 11.1. The van der Waals surface area contributed by atoms with E-state index in [-0.39, 0.29) is 11.5 Å². The molecule has 2 fully saturated rings. The van der Waals surface area contributed by atoms with Gasteiger partial charge in [0.1, 0.15) is 0 Å². The summed E-state index contributed by atoms with van der Waals surface area (Å²) in [5, 5.41) is 18.1. The summed E-state index contributed by atoms with van der Waals surface area (Å²) in [7, 11) is -0.595. The summed E-state index contributed by atoms with van der Waals surface area (Å²) in [4.78, 5) is 14.8. The number of piperidine rings is 1. The number of carboxylic acid groups (broad SMARTS) is 1. The number of nitrogens with zero attached hydrogens (tertiary/aromatic N) is 4. The Kier molecular flexibility index (Phi) is 6.46. The van der Waals surface area contributed by atoms with E-state index in [1.165, 1.54) is 4.90 Å². The van der Waals surface area contributed by atoms with Crippen molar-refractivity contribution in [2.45, 2.75) is 64.0 Å². The molecule has 0 atom stereocenters. The first-order chi connectivity index (χ1) is 13.5. The Hall–Kier alpha value is -1.38. The van der Waals surface area contributed by atoms with E-state index < -0.39 is 15.9 Å². The summed E-state index contributed by atoms with van der Waals surface area (Å²) in [5.74, 6) is 0.606. The van der Waals surface area contributed by atoms with Gasteiger partial charge >= 0.3 is 6.09 Å². The third kappa shape index (κ3) is 5.41. The number of amides is 1. The fourth-order valence-corrected chi connectivity index (χ4v) is 5.24. The second-order valence-corrected chi connectivity index (χ2v) is 13.1. The normalized spacial score (nSPS) is 19.8. The highest BCUT2D eigenvalue weighted by Gasteiger charge is 2.38. The van der Waals surface area contributed by atoms with Crippen molar-refractivity contribution in [3.8, 4) is 0 Å². The van der Waals surface area contributed by atoms with E-state index in [1.807, 2.05) is 6.07 Å². The average Bonchev–Trinajstić information content (AvgIpc) is 2.59. The van der Waals surface area contributed by atoms with Crippen LogP contribution in [0.5, 0.6) is 0 Å². The maximum absolute atomic E-state index is 11.1. The zero-order valence-corrected chi connectivity index (χ0v) is 20.3. The van der Waals surface area contributed by atoms with E-state index in [0.29, 0.717) is 29.2 Å². The van der Waals surface area contributed by atoms with Crippen LogP contribution in [0.25, 0.3) is 0 Å². The van der Waals surface area contributed by atoms with Crippen LogP contribution in [-0.2, 0) is 4.43 Å². The highest BCUT2D eigenvalue weighted by atomic mass is 35.5. The van der Waals surface area contributed by atoms with Crippen molar-refractivity contribution in [1.29, 1.82) is 0 Å². The quantitative estimate of drug-likeness (QED) is 0.705. The largest absolute Gasteiger partial charge is 0.465 e. The zero-order chi connectivity index (χ0) is 21.4. The van der Waals surface area contributed by atoms with Crippen LogP contribution in [0.15, 0.2) is 6.07 Å². The molecular weight excluding hydrogens is 408 g/mol. The smallest absolute Gasteiger partial charge is 0.407 e. The van der Waals surface area contributed by atoms with Crippen LogP contribution in [0.3, 0.4) is 0 Å². The number of carbonyl (C=O) groups is 1. The summed E-state index contributed by atoms with van der Waals surface area (Å²) < 4.78 is 6.43. The predicted octanol–water partition coefficient (Wildman–Crippen LogP) is 3.52. The molecule has 0 aliphatic carbocycles. The molecule has 3 rings (SSSR count). The molecule has 0 unspecified atom stereocenters. The Morgan fingerprint density at radius 3 is 2.38 bits per heavy atom. The van der Waals surface area contributed by atoms with Crippen LogP contribution in [-0.4, -0.2) is 67.8 Å². The molecule has 0 radical (unpaired) electrons. The van der Waals surface area contributed by atoms with Gasteiger partial charge in [-0.3, -0.25) is 0 Å². The molecule has 2 saturated heterocycles. The number of likely N-dealkylation sites (tertiary alicyclic amines) is 1. The van der Waals surface area contributed by atoms with Gasteiger partial charge in [-0.2, -0.15) is 5.10 Å². The number of hydrogen-bond acceptors (Lipinski definition) is 5. The van der Waals surface area contributed by atoms with E-state index in [2.05, 4.69) is 49.7 Å². The molecule has 0 aromatic carbocycles. The van der Waals surface area contributed by atoms with E-state index in [4.69, 9.17) is 21.1 Å². The number of rotatable bonds is 5. The fourth-order valence-electron chi connectivity index (χ4n) is 4.06. The second-order valence-electron chi connectivity index (χ2n) is 10.0. The molecule has 1 aromatic heterocycles. The van der Waals surface area contributed by atoms with Gasteiger partial charge in [0.2, 0.25) is 0 Å². The predicted molar refractivity (Wildman–Crippen MR) is 118 cm³/mol. The van der Waals surface area contributed by atoms with Gasteiger partial charge in [-0.05, 0) is 37.6 Å². The Balaban J connectivity index is 1.65. The van der Waals surface area contributed by atoms with Crippen molar-refractivity contribution in [2.75, 3.05) is 31.1 Å². The van der Waals surface area contributed by atoms with E-state index in [0.717, 1.165) is 37.3 Å². The Morgan fingerprint density at radius 1 is 1.21 bits per heavy atom. The molecule has 1 N–H and O–H groups in total. The van der Waals surface area contributed by atoms with Crippen LogP contribution >= 0.6 is 11.6 Å². The highest BCUT2D eigenvalue weighted by molar-refractivity contribution is 6.31. The third-order valence-electron chi connectivity index (χ3n) is 6.01. The Morgan fingerprint density at radius 2 is 1.83 bits per heavy atom. The first kappa shape index (κ1) is 22.3. The lowest BCUT2D eigenvalue weighted by Gasteiger charge is -2.44. The summed E-state index contributed by atoms with van der Waals surface area (Å²) in [6, 6.07) is 1.88. The minimum Gasteiger partial charge on any atom is -0.465 e. The average molecular weight is 441 g/mol. The molecular formula is C20H33ClN4O3Si. The van der Waals surface area contributed by atoms with Crippen LogP contribution in [0.2, 0.25) is 10.2 Å². The molecule has 0 spiro atoms. The molecule has 3 heterocycles. The van der Waals surface area contributed by atoms with Crippen molar-refractivity contribution in [3.05, 3.63) is 16.9 Å². The molecule has 0 saturated carbocycles. The molecule has 1 amide bonds. The molecule has 162 valence electrons. The van der Waals surface area contributed by atoms with Gasteiger partial charge in [0, 0.05) is 38.2 Å². The van der Waals surface area contributed by atoms with Gasteiger partial charge in [0.15, 0.2) is 14.9 Å². The van der Waals surface area contributed by atoms with Gasteiger partial charge in [-0.1, -0.05) is 32.4 Å². The minimum atomic E-state index is -0.883. The maximum Gasteiger partial charge on any atom is 0.407 e. The van der Waals surface area contributed by atoms with Crippen LogP contribution in [0, 0.1) is 5.92 Å². The van der Waals surface area contributed by atoms with Gasteiger partial charge in [-0.15, -0.1) is 5.10 Å². The first-order valence-corrected chi connectivity index (χ1v) is 12.0. The highest BCUT2D eigenvalue weighted by Crippen LogP contribution is 2.38. The molecule has 0 bridgehead atoms. The molecule has 9 heteroatoms. The monoisotopic (exact) mass is 440 g/mol. The molecule has 1 aromatic rings. The topological polar surface area (TPSA) is 78.8 Å². The lowest BCUT2D eigenvalue weighted by atomic mass is 9.83. The van der Waals surface area contributed by atoms with Gasteiger partial charge in [-0.25, -0.2) is 4.79 Å². The third-order valence-corrected chi connectivity index (χ3v) is 7.95. The van der Waals surface area contributed by atoms with Gasteiger partial charge < -0.3 is 19.3 Å². The summed E-state index contributed by atoms with van der Waals surface area (Å²) in [6.07, 6.45) is 1.22. The Labute approximate surface area is 180 Å². The van der Waals surface area contributed by atoms with E-state index >= 15 is 0 Å². The molecule has 2 aliphatic heterocycles. The summed E-state index contributed by atoms with van der Waals surface area (Å²) in [6.45, 7) is 14.0. The first-order valence-electron chi connectivity index (χ1n) is 10.4. The number of anilines is 1. The molecule has 2 aliphatic rings. The van der Waals surface area contributed by atoms with Crippen molar-refractivity contribution in [1.82, 2.24) is 15.1 Å². The van der Waals surface area contributed by atoms with E-state index in [1.54, 1.807) is 0 Å². The summed E-state index contributed by atoms with van der Waals surface area (Å²) in [5.41, 5.74) is 1.76. The van der Waals surface area contributed by atoms with Crippen molar-refractivity contribution in [2.24, 2.45) is 5.92 Å². The minimum absolute atomic E-state index is 0.0844. The number of halogens is 1. The number of hydrogen-bond donors (Lipinski definition) is 1. The molecule has 7 nitrogen and oxygen atoms in total. The standard InChI is InChI=1S/C20H33ClN4O3Si/c1-19(2,3)29-28-20(4,5)14-6-8-24(9-7-14)15-10-16(21)22-23-17(15)13-11-25(12-13)18(26)27/h10,13-14H,6-9,11-12,29H2,1-5H3,(H,26,27). The SMILES string of the molecule is CC(C)(C)[SiH2]OC(C)(C)C1CCN(c2cc(Cl)nnc2C2CN(C(=O)O)C2)CC1. The summed E-state index contributed by atoms with van der Waals surface area (Å²) >= 11 is 6.15. The van der Waals surface area contributed by atoms with Crippen molar-refractivity contribution >= 4 is 33.1 Å². The van der Waals surface area contributed by atoms with Crippen LogP contribution in [0.1, 0.15) is 59.1 Å². The lowest BCUT2D eigenvalue weighted by molar-refractivity contribution is 0.0311. The molecule has 29 heavy (non-hydrogen) atoms. The van der Waals surface area contributed by atoms with Crippen LogP contribution in [0.4, 0.5) is 10.5 Å².